The number of nitrogens with one attached hydrogen (secondary N) is 1. The van der Waals surface area contributed by atoms with E-state index >= 15 is 0 Å². The number of anilines is 1. The molecule has 2 aromatic carbocycles. The van der Waals surface area contributed by atoms with E-state index in [1.807, 2.05) is 36.4 Å². The van der Waals surface area contributed by atoms with E-state index in [1.54, 1.807) is 12.1 Å². The minimum atomic E-state index is -0.149. The van der Waals surface area contributed by atoms with Gasteiger partial charge in [-0.15, -0.1) is 0 Å². The zero-order chi connectivity index (χ0) is 19.2. The van der Waals surface area contributed by atoms with Crippen molar-refractivity contribution in [2.75, 3.05) is 18.5 Å². The number of carbonyl (C=O) groups is 1. The van der Waals surface area contributed by atoms with E-state index in [9.17, 15) is 4.79 Å². The number of benzene rings is 2. The maximum Gasteiger partial charge on any atom is 0.255 e. The van der Waals surface area contributed by atoms with Crippen molar-refractivity contribution >= 4 is 11.6 Å². The Balaban J connectivity index is 1.31. The predicted molar refractivity (Wildman–Crippen MR) is 108 cm³/mol. The van der Waals surface area contributed by atoms with Gasteiger partial charge in [0.25, 0.3) is 5.91 Å². The Hall–Kier alpha value is -2.53. The molecule has 0 spiro atoms. The molecule has 1 saturated heterocycles. The molecule has 1 unspecified atom stereocenters. The molecule has 1 N–H and O–H groups in total. The summed E-state index contributed by atoms with van der Waals surface area (Å²) in [7, 11) is 0. The van der Waals surface area contributed by atoms with E-state index < -0.39 is 0 Å². The number of carbonyl (C=O) groups excluding carboxylic acids is 1. The molecule has 1 aliphatic heterocycles. The lowest BCUT2D eigenvalue weighted by molar-refractivity contribution is 0.0679. The van der Waals surface area contributed by atoms with Crippen molar-refractivity contribution in [1.29, 1.82) is 0 Å². The first kappa shape index (κ1) is 18.8. The second kappa shape index (κ2) is 9.11. The lowest BCUT2D eigenvalue weighted by atomic mass is 10.2. The fraction of sp³-hybridized carbons (Fsp3) is 0.435. The van der Waals surface area contributed by atoms with E-state index in [0.717, 1.165) is 49.5 Å². The highest BCUT2D eigenvalue weighted by molar-refractivity contribution is 6.04. The Morgan fingerprint density at radius 2 is 1.82 bits per heavy atom. The molecule has 5 heteroatoms. The van der Waals surface area contributed by atoms with Crippen LogP contribution in [0.2, 0.25) is 0 Å². The van der Waals surface area contributed by atoms with Gasteiger partial charge >= 0.3 is 0 Å². The standard InChI is InChI=1S/C23H27NO4/c25-23(17-10-12-19(13-11-17)27-16-22-9-4-14-26-22)24-18-5-3-8-21(15-18)28-20-6-1-2-7-20/h3,5,8,10-13,15,20,22H,1-2,4,6-7,9,14,16H2,(H,24,25). The SMILES string of the molecule is O=C(Nc1cccc(OC2CCCC2)c1)c1ccc(OCC2CCCO2)cc1. The van der Waals surface area contributed by atoms with Gasteiger partial charge in [0.2, 0.25) is 0 Å². The molecular weight excluding hydrogens is 354 g/mol. The molecule has 148 valence electrons. The predicted octanol–water partition coefficient (Wildman–Crippen LogP) is 4.82. The van der Waals surface area contributed by atoms with Crippen LogP contribution < -0.4 is 14.8 Å². The molecule has 0 bridgehead atoms. The van der Waals surface area contributed by atoms with E-state index in [4.69, 9.17) is 14.2 Å². The van der Waals surface area contributed by atoms with Crippen molar-refractivity contribution in [3.8, 4) is 11.5 Å². The van der Waals surface area contributed by atoms with Crippen LogP contribution in [-0.2, 0) is 4.74 Å². The van der Waals surface area contributed by atoms with Gasteiger partial charge in [0.1, 0.15) is 18.1 Å². The summed E-state index contributed by atoms with van der Waals surface area (Å²) in [5.41, 5.74) is 1.32. The van der Waals surface area contributed by atoms with Crippen LogP contribution in [0.3, 0.4) is 0 Å². The first-order valence-corrected chi connectivity index (χ1v) is 10.2. The Kier molecular flexibility index (Phi) is 6.12. The molecule has 2 aliphatic rings. The largest absolute Gasteiger partial charge is 0.491 e. The Morgan fingerprint density at radius 3 is 2.57 bits per heavy atom. The van der Waals surface area contributed by atoms with Crippen LogP contribution in [0.4, 0.5) is 5.69 Å². The summed E-state index contributed by atoms with van der Waals surface area (Å²) in [6.45, 7) is 1.37. The monoisotopic (exact) mass is 381 g/mol. The van der Waals surface area contributed by atoms with E-state index in [-0.39, 0.29) is 12.0 Å². The average Bonchev–Trinajstić information content (AvgIpc) is 3.41. The second-order valence-corrected chi connectivity index (χ2v) is 7.48. The van der Waals surface area contributed by atoms with Crippen molar-refractivity contribution in [1.82, 2.24) is 0 Å². The molecule has 0 aromatic heterocycles. The zero-order valence-corrected chi connectivity index (χ0v) is 16.1. The van der Waals surface area contributed by atoms with Gasteiger partial charge < -0.3 is 19.5 Å². The molecular formula is C23H27NO4. The van der Waals surface area contributed by atoms with Crippen LogP contribution in [0, 0.1) is 0 Å². The fourth-order valence-electron chi connectivity index (χ4n) is 3.72. The molecule has 2 fully saturated rings. The quantitative estimate of drug-likeness (QED) is 0.747. The Bertz CT molecular complexity index is 777. The summed E-state index contributed by atoms with van der Waals surface area (Å²) >= 11 is 0. The maximum atomic E-state index is 12.5. The van der Waals surface area contributed by atoms with Gasteiger partial charge in [-0.3, -0.25) is 4.79 Å². The highest BCUT2D eigenvalue weighted by atomic mass is 16.5. The van der Waals surface area contributed by atoms with Crippen LogP contribution in [0.5, 0.6) is 11.5 Å². The van der Waals surface area contributed by atoms with Crippen LogP contribution in [0.15, 0.2) is 48.5 Å². The number of rotatable bonds is 7. The Morgan fingerprint density at radius 1 is 1.00 bits per heavy atom. The van der Waals surface area contributed by atoms with E-state index in [1.165, 1.54) is 12.8 Å². The Labute approximate surface area is 166 Å². The smallest absolute Gasteiger partial charge is 0.255 e. The van der Waals surface area contributed by atoms with E-state index in [2.05, 4.69) is 5.32 Å². The molecule has 0 radical (unpaired) electrons. The van der Waals surface area contributed by atoms with Gasteiger partial charge in [-0.1, -0.05) is 6.07 Å². The summed E-state index contributed by atoms with van der Waals surface area (Å²) in [4.78, 5) is 12.5. The summed E-state index contributed by atoms with van der Waals surface area (Å²) in [6.07, 6.45) is 7.30. The number of hydrogen-bond donors (Lipinski definition) is 1. The highest BCUT2D eigenvalue weighted by Gasteiger charge is 2.17. The molecule has 2 aromatic rings. The number of hydrogen-bond acceptors (Lipinski definition) is 4. The van der Waals surface area contributed by atoms with Gasteiger partial charge in [-0.05, 0) is 74.9 Å². The minimum absolute atomic E-state index is 0.149. The summed E-state index contributed by atoms with van der Waals surface area (Å²) < 4.78 is 17.3. The van der Waals surface area contributed by atoms with Crippen LogP contribution >= 0.6 is 0 Å². The van der Waals surface area contributed by atoms with Gasteiger partial charge in [-0.2, -0.15) is 0 Å². The molecule has 1 atom stereocenters. The lowest BCUT2D eigenvalue weighted by Gasteiger charge is -2.14. The topological polar surface area (TPSA) is 56.8 Å². The normalized spacial score (nSPS) is 19.5. The second-order valence-electron chi connectivity index (χ2n) is 7.48. The first-order valence-electron chi connectivity index (χ1n) is 10.2. The van der Waals surface area contributed by atoms with E-state index in [0.29, 0.717) is 18.3 Å². The molecule has 28 heavy (non-hydrogen) atoms. The number of amides is 1. The highest BCUT2D eigenvalue weighted by Crippen LogP contribution is 2.26. The van der Waals surface area contributed by atoms with Gasteiger partial charge in [-0.25, -0.2) is 0 Å². The maximum absolute atomic E-state index is 12.5. The third-order valence-electron chi connectivity index (χ3n) is 5.27. The van der Waals surface area contributed by atoms with Crippen LogP contribution in [-0.4, -0.2) is 31.3 Å². The summed E-state index contributed by atoms with van der Waals surface area (Å²) in [5.74, 6) is 1.41. The van der Waals surface area contributed by atoms with Gasteiger partial charge in [0.05, 0.1) is 12.2 Å². The number of ether oxygens (including phenoxy) is 3. The summed E-state index contributed by atoms with van der Waals surface area (Å²) in [6, 6.07) is 14.8. The lowest BCUT2D eigenvalue weighted by Crippen LogP contribution is -2.16. The molecule has 1 amide bonds. The van der Waals surface area contributed by atoms with Crippen molar-refractivity contribution in [3.63, 3.8) is 0 Å². The first-order chi connectivity index (χ1) is 13.8. The summed E-state index contributed by atoms with van der Waals surface area (Å²) in [5, 5.41) is 2.94. The molecule has 1 aliphatic carbocycles. The van der Waals surface area contributed by atoms with Gasteiger partial charge in [0.15, 0.2) is 0 Å². The molecule has 1 saturated carbocycles. The zero-order valence-electron chi connectivity index (χ0n) is 16.1. The van der Waals surface area contributed by atoms with Crippen LogP contribution in [0.25, 0.3) is 0 Å². The third kappa shape index (κ3) is 5.04. The molecule has 1 heterocycles. The average molecular weight is 381 g/mol. The van der Waals surface area contributed by atoms with Crippen molar-refractivity contribution in [3.05, 3.63) is 54.1 Å². The van der Waals surface area contributed by atoms with Crippen molar-refractivity contribution in [2.45, 2.75) is 50.7 Å². The van der Waals surface area contributed by atoms with Gasteiger partial charge in [0, 0.05) is 23.9 Å². The van der Waals surface area contributed by atoms with Crippen molar-refractivity contribution < 1.29 is 19.0 Å². The van der Waals surface area contributed by atoms with Crippen molar-refractivity contribution in [2.24, 2.45) is 0 Å². The van der Waals surface area contributed by atoms with Crippen LogP contribution in [0.1, 0.15) is 48.9 Å². The molecule has 5 nitrogen and oxygen atoms in total. The minimum Gasteiger partial charge on any atom is -0.491 e. The molecule has 4 rings (SSSR count). The fourth-order valence-corrected chi connectivity index (χ4v) is 3.72. The third-order valence-corrected chi connectivity index (χ3v) is 5.27.